The zero-order valence-electron chi connectivity index (χ0n) is 11.4. The van der Waals surface area contributed by atoms with E-state index in [0.29, 0.717) is 0 Å². The molecule has 0 aliphatic carbocycles. The quantitative estimate of drug-likeness (QED) is 0.749. The molecule has 2 N–H and O–H groups in total. The molecule has 0 aromatic carbocycles. The van der Waals surface area contributed by atoms with Crippen LogP contribution in [0.5, 0.6) is 0 Å². The first-order valence-electron chi connectivity index (χ1n) is 6.32. The number of nitrogens with one attached hydrogen (secondary N) is 2. The lowest BCUT2D eigenvalue weighted by molar-refractivity contribution is 0.263. The highest BCUT2D eigenvalue weighted by Gasteiger charge is 2.34. The molecule has 0 aromatic rings. The third kappa shape index (κ3) is 3.07. The second-order valence-electron chi connectivity index (χ2n) is 5.13. The van der Waals surface area contributed by atoms with E-state index in [0.717, 1.165) is 32.6 Å². The fraction of sp³-hybridized carbons (Fsp3) is 1.00. The summed E-state index contributed by atoms with van der Waals surface area (Å²) in [5, 5.41) is 7.27. The Kier molecular flexibility index (Phi) is 4.99. The zero-order chi connectivity index (χ0) is 12.2. The molecule has 1 aliphatic heterocycles. The summed E-state index contributed by atoms with van der Waals surface area (Å²) in [7, 11) is -1.66. The zero-order valence-corrected chi connectivity index (χ0v) is 12.3. The fourth-order valence-electron chi connectivity index (χ4n) is 2.27. The number of hydrogen-bond acceptors (Lipinski definition) is 4. The maximum absolute atomic E-state index is 4.90. The summed E-state index contributed by atoms with van der Waals surface area (Å²) in [5.41, 5.74) is 0.151. The lowest BCUT2D eigenvalue weighted by Crippen LogP contribution is -2.47. The lowest BCUT2D eigenvalue weighted by Gasteiger charge is -2.45. The summed E-state index contributed by atoms with van der Waals surface area (Å²) >= 11 is 0. The molecule has 1 heterocycles. The maximum atomic E-state index is 4.90. The third-order valence-electron chi connectivity index (χ3n) is 2.77. The maximum Gasteiger partial charge on any atom is 0.162 e. The minimum atomic E-state index is -1.66. The van der Waals surface area contributed by atoms with Crippen molar-refractivity contribution in [2.45, 2.75) is 46.6 Å². The van der Waals surface area contributed by atoms with E-state index in [1.807, 2.05) is 0 Å². The van der Waals surface area contributed by atoms with Crippen LogP contribution in [-0.2, 0) is 0 Å². The summed E-state index contributed by atoms with van der Waals surface area (Å²) in [6, 6.07) is 0. The third-order valence-corrected chi connectivity index (χ3v) is 6.39. The van der Waals surface area contributed by atoms with Crippen molar-refractivity contribution in [2.24, 2.45) is 4.74 Å². The Balaban J connectivity index is 3.04. The highest BCUT2D eigenvalue weighted by atomic mass is 31.2. The SMILES string of the molecule is CCNP1(N(CC)C(C)(C)C)=NCCCN1. The van der Waals surface area contributed by atoms with Gasteiger partial charge in [0, 0.05) is 25.2 Å². The number of rotatable bonds is 4. The van der Waals surface area contributed by atoms with Gasteiger partial charge < -0.3 is 0 Å². The average Bonchev–Trinajstić information content (AvgIpc) is 2.18. The summed E-state index contributed by atoms with van der Waals surface area (Å²) in [5.74, 6) is 0. The molecule has 5 heteroatoms. The van der Waals surface area contributed by atoms with Gasteiger partial charge in [0.15, 0.2) is 7.51 Å². The molecule has 0 bridgehead atoms. The predicted octanol–water partition coefficient (Wildman–Crippen LogP) is 2.66. The Bertz CT molecular complexity index is 270. The van der Waals surface area contributed by atoms with E-state index < -0.39 is 7.51 Å². The van der Waals surface area contributed by atoms with Gasteiger partial charge in [-0.15, -0.1) is 0 Å². The molecule has 96 valence electrons. The molecule has 1 atom stereocenters. The molecule has 0 amide bonds. The number of nitrogens with zero attached hydrogens (tertiary/aromatic N) is 2. The first-order valence-corrected chi connectivity index (χ1v) is 8.02. The van der Waals surface area contributed by atoms with Crippen molar-refractivity contribution < 1.29 is 0 Å². The van der Waals surface area contributed by atoms with E-state index in [9.17, 15) is 0 Å². The molecule has 1 aliphatic rings. The average molecular weight is 246 g/mol. The van der Waals surface area contributed by atoms with Crippen LogP contribution in [0.15, 0.2) is 4.74 Å². The van der Waals surface area contributed by atoms with Crippen molar-refractivity contribution in [3.63, 3.8) is 0 Å². The van der Waals surface area contributed by atoms with Crippen LogP contribution < -0.4 is 10.2 Å². The van der Waals surface area contributed by atoms with Gasteiger partial charge in [0.2, 0.25) is 0 Å². The van der Waals surface area contributed by atoms with Crippen LogP contribution in [0.25, 0.3) is 0 Å². The Morgan fingerprint density at radius 2 is 2.06 bits per heavy atom. The monoisotopic (exact) mass is 246 g/mol. The molecule has 0 radical (unpaired) electrons. The lowest BCUT2D eigenvalue weighted by atomic mass is 10.1. The van der Waals surface area contributed by atoms with Gasteiger partial charge in [-0.05, 0) is 33.7 Å². The van der Waals surface area contributed by atoms with Crippen LogP contribution in [0.4, 0.5) is 0 Å². The molecule has 0 fully saturated rings. The Morgan fingerprint density at radius 3 is 2.44 bits per heavy atom. The van der Waals surface area contributed by atoms with Crippen molar-refractivity contribution in [1.29, 1.82) is 0 Å². The largest absolute Gasteiger partial charge is 0.261 e. The van der Waals surface area contributed by atoms with Crippen molar-refractivity contribution in [2.75, 3.05) is 26.2 Å². The molecular formula is C11H27N4P. The molecule has 1 rings (SSSR count). The van der Waals surface area contributed by atoms with Gasteiger partial charge >= 0.3 is 0 Å². The smallest absolute Gasteiger partial charge is 0.162 e. The molecule has 0 saturated heterocycles. The van der Waals surface area contributed by atoms with Crippen molar-refractivity contribution in [3.05, 3.63) is 0 Å². The fourth-order valence-corrected chi connectivity index (χ4v) is 5.69. The van der Waals surface area contributed by atoms with Gasteiger partial charge in [-0.3, -0.25) is 14.9 Å². The second kappa shape index (κ2) is 5.63. The standard InChI is InChI=1S/C11H27N4P/c1-6-12-16(13-9-8-10-14-16)15(7-2)11(3,4)5/h12-13H,6-10H2,1-5H3. The van der Waals surface area contributed by atoms with Gasteiger partial charge in [0.05, 0.1) is 0 Å². The van der Waals surface area contributed by atoms with Gasteiger partial charge in [-0.2, -0.15) is 0 Å². The Morgan fingerprint density at radius 1 is 1.38 bits per heavy atom. The van der Waals surface area contributed by atoms with E-state index in [4.69, 9.17) is 4.74 Å². The normalized spacial score (nSPS) is 26.9. The Labute approximate surface area is 100 Å². The van der Waals surface area contributed by atoms with Crippen LogP contribution >= 0.6 is 7.51 Å². The molecule has 16 heavy (non-hydrogen) atoms. The van der Waals surface area contributed by atoms with Gasteiger partial charge in [0.1, 0.15) is 0 Å². The molecular weight excluding hydrogens is 219 g/mol. The van der Waals surface area contributed by atoms with E-state index in [2.05, 4.69) is 49.5 Å². The summed E-state index contributed by atoms with van der Waals surface area (Å²) in [6.45, 7) is 15.2. The van der Waals surface area contributed by atoms with Crippen molar-refractivity contribution in [1.82, 2.24) is 14.8 Å². The van der Waals surface area contributed by atoms with Crippen LogP contribution in [-0.4, -0.2) is 36.4 Å². The van der Waals surface area contributed by atoms with Crippen molar-refractivity contribution >= 4 is 7.51 Å². The van der Waals surface area contributed by atoms with Crippen molar-refractivity contribution in [3.8, 4) is 0 Å². The first kappa shape index (κ1) is 14.2. The van der Waals surface area contributed by atoms with E-state index in [1.54, 1.807) is 0 Å². The minimum absolute atomic E-state index is 0.151. The minimum Gasteiger partial charge on any atom is -0.261 e. The molecule has 0 saturated carbocycles. The topological polar surface area (TPSA) is 39.7 Å². The second-order valence-corrected chi connectivity index (χ2v) is 7.73. The summed E-state index contributed by atoms with van der Waals surface area (Å²) < 4.78 is 7.41. The van der Waals surface area contributed by atoms with Crippen LogP contribution in [0.2, 0.25) is 0 Å². The molecule has 4 nitrogen and oxygen atoms in total. The Hall–Kier alpha value is 0.110. The van der Waals surface area contributed by atoms with Crippen LogP contribution in [0.3, 0.4) is 0 Å². The summed E-state index contributed by atoms with van der Waals surface area (Å²) in [6.07, 6.45) is 1.16. The van der Waals surface area contributed by atoms with Gasteiger partial charge in [-0.25, -0.2) is 4.67 Å². The highest BCUT2D eigenvalue weighted by Crippen LogP contribution is 2.50. The molecule has 1 unspecified atom stereocenters. The molecule has 0 spiro atoms. The first-order chi connectivity index (χ1) is 7.46. The number of hydrogen-bond donors (Lipinski definition) is 2. The van der Waals surface area contributed by atoms with E-state index in [-0.39, 0.29) is 5.54 Å². The summed E-state index contributed by atoms with van der Waals surface area (Å²) in [4.78, 5) is 0. The van der Waals surface area contributed by atoms with Crippen LogP contribution in [0, 0.1) is 0 Å². The molecule has 0 aromatic heterocycles. The van der Waals surface area contributed by atoms with Gasteiger partial charge in [0.25, 0.3) is 0 Å². The van der Waals surface area contributed by atoms with Gasteiger partial charge in [-0.1, -0.05) is 13.8 Å². The van der Waals surface area contributed by atoms with Crippen LogP contribution in [0.1, 0.15) is 41.0 Å². The van der Waals surface area contributed by atoms with E-state index in [1.165, 1.54) is 0 Å². The van der Waals surface area contributed by atoms with E-state index >= 15 is 0 Å². The predicted molar refractivity (Wildman–Crippen MR) is 72.6 cm³/mol. The highest BCUT2D eigenvalue weighted by molar-refractivity contribution is 7.60.